The number of hydrogen-bond donors (Lipinski definition) is 1. The van der Waals surface area contributed by atoms with Crippen LogP contribution < -0.4 is 5.73 Å². The Hall–Kier alpha value is -1.75. The Kier molecular flexibility index (Phi) is 4.25. The van der Waals surface area contributed by atoms with E-state index < -0.39 is 0 Å². The summed E-state index contributed by atoms with van der Waals surface area (Å²) in [5, 5.41) is 13.1. The van der Waals surface area contributed by atoms with Crippen molar-refractivity contribution >= 4 is 15.9 Å². The molecule has 0 amide bonds. The Morgan fingerprint density at radius 1 is 1.41 bits per heavy atom. The number of benzene rings is 1. The second kappa shape index (κ2) is 6.16. The minimum Gasteiger partial charge on any atom is -0.379 e. The van der Waals surface area contributed by atoms with Gasteiger partial charge >= 0.3 is 0 Å². The van der Waals surface area contributed by atoms with E-state index in [2.05, 4.69) is 21.0 Å². The van der Waals surface area contributed by atoms with Crippen LogP contribution in [0.2, 0.25) is 0 Å². The molecule has 1 fully saturated rings. The predicted molar refractivity (Wildman–Crippen MR) is 81.6 cm³/mol. The summed E-state index contributed by atoms with van der Waals surface area (Å²) in [6.07, 6.45) is 3.53. The Morgan fingerprint density at radius 3 is 2.91 bits per heavy atom. The Bertz CT molecular complexity index is 727. The van der Waals surface area contributed by atoms with E-state index in [4.69, 9.17) is 15.7 Å². The molecule has 0 radical (unpaired) electrons. The SMILES string of the molecule is N#Cn1ccc(C2C(N)COCC2c2ccc(Br)c(F)c2)n1. The summed E-state index contributed by atoms with van der Waals surface area (Å²) in [5.74, 6) is -0.546. The van der Waals surface area contributed by atoms with Crippen LogP contribution in [0.3, 0.4) is 0 Å². The topological polar surface area (TPSA) is 76.9 Å². The molecule has 1 aromatic carbocycles. The first-order valence-electron chi connectivity index (χ1n) is 6.84. The maximum absolute atomic E-state index is 13.8. The number of nitrogens with two attached hydrogens (primary N) is 1. The lowest BCUT2D eigenvalue weighted by atomic mass is 9.78. The first-order chi connectivity index (χ1) is 10.6. The summed E-state index contributed by atoms with van der Waals surface area (Å²) in [7, 11) is 0. The van der Waals surface area contributed by atoms with Crippen LogP contribution >= 0.6 is 15.9 Å². The van der Waals surface area contributed by atoms with Crippen molar-refractivity contribution in [3.63, 3.8) is 0 Å². The van der Waals surface area contributed by atoms with Crippen LogP contribution in [0.25, 0.3) is 0 Å². The summed E-state index contributed by atoms with van der Waals surface area (Å²) < 4.78 is 21.0. The third-order valence-corrected chi connectivity index (χ3v) is 4.57. The predicted octanol–water partition coefficient (Wildman–Crippen LogP) is 2.34. The second-order valence-corrected chi connectivity index (χ2v) is 6.15. The molecule has 1 aromatic heterocycles. The van der Waals surface area contributed by atoms with E-state index in [1.165, 1.54) is 10.7 Å². The number of ether oxygens (including phenoxy) is 1. The molecule has 2 N–H and O–H groups in total. The maximum atomic E-state index is 13.8. The van der Waals surface area contributed by atoms with Crippen LogP contribution in [0.5, 0.6) is 0 Å². The van der Waals surface area contributed by atoms with Crippen molar-refractivity contribution in [2.75, 3.05) is 13.2 Å². The van der Waals surface area contributed by atoms with Gasteiger partial charge in [-0.2, -0.15) is 15.0 Å². The van der Waals surface area contributed by atoms with E-state index >= 15 is 0 Å². The van der Waals surface area contributed by atoms with Crippen LogP contribution in [-0.2, 0) is 4.74 Å². The zero-order chi connectivity index (χ0) is 15.7. The number of rotatable bonds is 2. The highest BCUT2D eigenvalue weighted by Crippen LogP contribution is 2.38. The smallest absolute Gasteiger partial charge is 0.206 e. The van der Waals surface area contributed by atoms with Crippen LogP contribution in [0, 0.1) is 17.3 Å². The number of aromatic nitrogens is 2. The quantitative estimate of drug-likeness (QED) is 0.886. The van der Waals surface area contributed by atoms with Gasteiger partial charge in [0.25, 0.3) is 0 Å². The molecule has 0 spiro atoms. The Labute approximate surface area is 135 Å². The van der Waals surface area contributed by atoms with Gasteiger partial charge in [-0.05, 0) is 39.7 Å². The zero-order valence-electron chi connectivity index (χ0n) is 11.6. The molecule has 22 heavy (non-hydrogen) atoms. The van der Waals surface area contributed by atoms with E-state index in [-0.39, 0.29) is 23.7 Å². The molecule has 2 aromatic rings. The van der Waals surface area contributed by atoms with Gasteiger partial charge in [0.1, 0.15) is 5.82 Å². The highest BCUT2D eigenvalue weighted by Gasteiger charge is 2.36. The van der Waals surface area contributed by atoms with E-state index in [1.807, 2.05) is 12.3 Å². The first kappa shape index (κ1) is 15.2. The highest BCUT2D eigenvalue weighted by atomic mass is 79.9. The normalized spacial score (nSPS) is 24.9. The molecule has 114 valence electrons. The lowest BCUT2D eigenvalue weighted by molar-refractivity contribution is 0.0512. The van der Waals surface area contributed by atoms with Crippen LogP contribution in [-0.4, -0.2) is 29.0 Å². The summed E-state index contributed by atoms with van der Waals surface area (Å²) in [6.45, 7) is 0.860. The fraction of sp³-hybridized carbons (Fsp3) is 0.333. The molecule has 0 saturated carbocycles. The molecule has 1 saturated heterocycles. The number of nitriles is 1. The molecule has 0 bridgehead atoms. The molecule has 5 nitrogen and oxygen atoms in total. The fourth-order valence-electron chi connectivity index (χ4n) is 2.88. The van der Waals surface area contributed by atoms with Gasteiger partial charge in [-0.25, -0.2) is 4.39 Å². The molecule has 2 heterocycles. The van der Waals surface area contributed by atoms with Crippen LogP contribution in [0.1, 0.15) is 23.1 Å². The van der Waals surface area contributed by atoms with Crippen molar-refractivity contribution in [3.05, 3.63) is 52.0 Å². The van der Waals surface area contributed by atoms with E-state index in [9.17, 15) is 4.39 Å². The van der Waals surface area contributed by atoms with Gasteiger partial charge in [-0.3, -0.25) is 0 Å². The van der Waals surface area contributed by atoms with Gasteiger partial charge in [0.05, 0.1) is 23.4 Å². The largest absolute Gasteiger partial charge is 0.379 e. The van der Waals surface area contributed by atoms with Crippen molar-refractivity contribution in [1.82, 2.24) is 9.78 Å². The maximum Gasteiger partial charge on any atom is 0.206 e. The van der Waals surface area contributed by atoms with Gasteiger partial charge in [0, 0.05) is 24.1 Å². The third-order valence-electron chi connectivity index (χ3n) is 3.93. The fourth-order valence-corrected chi connectivity index (χ4v) is 3.13. The van der Waals surface area contributed by atoms with Crippen LogP contribution in [0.4, 0.5) is 4.39 Å². The second-order valence-electron chi connectivity index (χ2n) is 5.29. The zero-order valence-corrected chi connectivity index (χ0v) is 13.2. The Balaban J connectivity index is 1.99. The number of nitrogens with zero attached hydrogens (tertiary/aromatic N) is 3. The summed E-state index contributed by atoms with van der Waals surface area (Å²) in [5.41, 5.74) is 7.74. The van der Waals surface area contributed by atoms with Crippen molar-refractivity contribution < 1.29 is 9.13 Å². The van der Waals surface area contributed by atoms with Crippen LogP contribution in [0.15, 0.2) is 34.9 Å². The molecular weight excluding hydrogens is 351 g/mol. The monoisotopic (exact) mass is 364 g/mol. The Morgan fingerprint density at radius 2 is 2.23 bits per heavy atom. The summed E-state index contributed by atoms with van der Waals surface area (Å²) in [6, 6.07) is 6.54. The molecule has 1 aliphatic heterocycles. The van der Waals surface area contributed by atoms with Gasteiger partial charge in [-0.15, -0.1) is 0 Å². The van der Waals surface area contributed by atoms with Gasteiger partial charge in [0.15, 0.2) is 0 Å². The minimum atomic E-state index is -0.321. The van der Waals surface area contributed by atoms with Crippen molar-refractivity contribution in [3.8, 4) is 6.19 Å². The lowest BCUT2D eigenvalue weighted by Crippen LogP contribution is -2.42. The van der Waals surface area contributed by atoms with E-state index in [0.717, 1.165) is 11.3 Å². The lowest BCUT2D eigenvalue weighted by Gasteiger charge is -2.35. The van der Waals surface area contributed by atoms with Crippen molar-refractivity contribution in [1.29, 1.82) is 5.26 Å². The minimum absolute atomic E-state index is 0.103. The number of halogens is 2. The molecule has 7 heteroatoms. The van der Waals surface area contributed by atoms with Crippen molar-refractivity contribution in [2.45, 2.75) is 17.9 Å². The summed E-state index contributed by atoms with van der Waals surface area (Å²) >= 11 is 3.16. The average Bonchev–Trinajstić information content (AvgIpc) is 2.98. The number of hydrogen-bond acceptors (Lipinski definition) is 4. The summed E-state index contributed by atoms with van der Waals surface area (Å²) in [4.78, 5) is 0. The van der Waals surface area contributed by atoms with E-state index in [1.54, 1.807) is 18.3 Å². The molecule has 3 unspecified atom stereocenters. The third kappa shape index (κ3) is 2.77. The van der Waals surface area contributed by atoms with Gasteiger partial charge in [0.2, 0.25) is 6.19 Å². The molecule has 1 aliphatic rings. The highest BCUT2D eigenvalue weighted by molar-refractivity contribution is 9.10. The molecule has 3 atom stereocenters. The van der Waals surface area contributed by atoms with Gasteiger partial charge in [-0.1, -0.05) is 6.07 Å². The standard InChI is InChI=1S/C15H14BrFN4O/c16-11-2-1-9(5-12(11)17)10-6-22-7-13(19)15(10)14-3-4-21(8-18)20-14/h1-5,10,13,15H,6-7,19H2. The van der Waals surface area contributed by atoms with Crippen molar-refractivity contribution in [2.24, 2.45) is 5.73 Å². The molecule has 3 rings (SSSR count). The first-order valence-corrected chi connectivity index (χ1v) is 7.63. The molecular formula is C15H14BrFN4O. The average molecular weight is 365 g/mol. The van der Waals surface area contributed by atoms with Gasteiger partial charge < -0.3 is 10.5 Å². The van der Waals surface area contributed by atoms with E-state index in [0.29, 0.717) is 17.7 Å². The molecule has 0 aliphatic carbocycles.